The summed E-state index contributed by atoms with van der Waals surface area (Å²) in [5, 5.41) is 22.4. The summed E-state index contributed by atoms with van der Waals surface area (Å²) in [4.78, 5) is 0. The summed E-state index contributed by atoms with van der Waals surface area (Å²) in [5.41, 5.74) is 0.905. The number of nitrogens with one attached hydrogen (secondary N) is 1. The number of phenolic OH excluding ortho intramolecular Hbond substituents is 2. The van der Waals surface area contributed by atoms with Crippen LogP contribution < -0.4 is 5.32 Å². The lowest BCUT2D eigenvalue weighted by molar-refractivity contribution is 0.439. The fraction of sp³-hybridized carbons (Fsp3) is 0.571. The predicted octanol–water partition coefficient (Wildman–Crippen LogP) is 3.28. The number of thioether (sulfide) groups is 1. The van der Waals surface area contributed by atoms with E-state index in [4.69, 9.17) is 0 Å². The largest absolute Gasteiger partial charge is 0.508 e. The van der Waals surface area contributed by atoms with Crippen molar-refractivity contribution in [1.82, 2.24) is 5.32 Å². The van der Waals surface area contributed by atoms with E-state index in [-0.39, 0.29) is 17.5 Å². The van der Waals surface area contributed by atoms with Gasteiger partial charge in [0, 0.05) is 18.2 Å². The SMILES string of the molecule is CCSCCC(C)NC(C)c1cc(O)cc(O)c1. The minimum atomic E-state index is 0.104. The van der Waals surface area contributed by atoms with Crippen LogP contribution in [0.3, 0.4) is 0 Å². The second kappa shape index (κ2) is 7.54. The number of benzene rings is 1. The standard InChI is InChI=1S/C14H23NO2S/c1-4-18-6-5-10(2)15-11(3)12-7-13(16)9-14(17)8-12/h7-11,15-17H,4-6H2,1-3H3. The fourth-order valence-corrected chi connectivity index (χ4v) is 2.69. The van der Waals surface area contributed by atoms with E-state index in [0.29, 0.717) is 6.04 Å². The van der Waals surface area contributed by atoms with Crippen LogP contribution in [0, 0.1) is 0 Å². The molecule has 1 aromatic rings. The Morgan fingerprint density at radius 1 is 1.17 bits per heavy atom. The van der Waals surface area contributed by atoms with Gasteiger partial charge in [-0.1, -0.05) is 6.92 Å². The van der Waals surface area contributed by atoms with Crippen molar-refractivity contribution < 1.29 is 10.2 Å². The van der Waals surface area contributed by atoms with Crippen molar-refractivity contribution in [2.75, 3.05) is 11.5 Å². The summed E-state index contributed by atoms with van der Waals surface area (Å²) in [6, 6.07) is 5.25. The topological polar surface area (TPSA) is 52.5 Å². The molecule has 0 saturated heterocycles. The highest BCUT2D eigenvalue weighted by Gasteiger charge is 2.11. The smallest absolute Gasteiger partial charge is 0.119 e. The highest BCUT2D eigenvalue weighted by molar-refractivity contribution is 7.99. The molecule has 2 unspecified atom stereocenters. The maximum Gasteiger partial charge on any atom is 0.119 e. The lowest BCUT2D eigenvalue weighted by Gasteiger charge is -2.20. The van der Waals surface area contributed by atoms with Crippen molar-refractivity contribution in [2.24, 2.45) is 0 Å². The molecule has 0 heterocycles. The molecule has 1 rings (SSSR count). The Hall–Kier alpha value is -0.870. The summed E-state index contributed by atoms with van der Waals surface area (Å²) in [6.07, 6.45) is 1.12. The van der Waals surface area contributed by atoms with E-state index in [1.807, 2.05) is 18.7 Å². The van der Waals surface area contributed by atoms with Gasteiger partial charge in [-0.15, -0.1) is 0 Å². The molecule has 0 saturated carbocycles. The zero-order chi connectivity index (χ0) is 13.5. The molecule has 0 bridgehead atoms. The summed E-state index contributed by atoms with van der Waals surface area (Å²) in [6.45, 7) is 6.37. The maximum absolute atomic E-state index is 9.46. The van der Waals surface area contributed by atoms with Gasteiger partial charge in [-0.3, -0.25) is 0 Å². The lowest BCUT2D eigenvalue weighted by Crippen LogP contribution is -2.29. The number of hydrogen-bond donors (Lipinski definition) is 3. The number of aromatic hydroxyl groups is 2. The van der Waals surface area contributed by atoms with Gasteiger partial charge < -0.3 is 15.5 Å². The molecule has 102 valence electrons. The molecule has 0 aliphatic rings. The number of hydrogen-bond acceptors (Lipinski definition) is 4. The minimum Gasteiger partial charge on any atom is -0.508 e. The van der Waals surface area contributed by atoms with Crippen LogP contribution in [0.2, 0.25) is 0 Å². The number of rotatable bonds is 7. The lowest BCUT2D eigenvalue weighted by atomic mass is 10.1. The van der Waals surface area contributed by atoms with E-state index in [9.17, 15) is 10.2 Å². The van der Waals surface area contributed by atoms with Gasteiger partial charge in [0.15, 0.2) is 0 Å². The average Bonchev–Trinajstić information content (AvgIpc) is 2.28. The quantitative estimate of drug-likeness (QED) is 0.665. The Balaban J connectivity index is 2.50. The van der Waals surface area contributed by atoms with Crippen LogP contribution in [0.5, 0.6) is 11.5 Å². The Morgan fingerprint density at radius 2 is 1.78 bits per heavy atom. The van der Waals surface area contributed by atoms with Crippen LogP contribution in [0.1, 0.15) is 38.8 Å². The first-order valence-corrected chi connectivity index (χ1v) is 7.55. The van der Waals surface area contributed by atoms with Crippen molar-refractivity contribution in [1.29, 1.82) is 0 Å². The third kappa shape index (κ3) is 5.19. The summed E-state index contributed by atoms with van der Waals surface area (Å²) < 4.78 is 0. The number of phenols is 2. The van der Waals surface area contributed by atoms with Crippen LogP contribution in [0.25, 0.3) is 0 Å². The molecule has 0 aromatic heterocycles. The van der Waals surface area contributed by atoms with Crippen LogP contribution in [0.4, 0.5) is 0 Å². The van der Waals surface area contributed by atoms with E-state index < -0.39 is 0 Å². The van der Waals surface area contributed by atoms with E-state index in [1.54, 1.807) is 12.1 Å². The zero-order valence-electron chi connectivity index (χ0n) is 11.3. The third-order valence-corrected chi connectivity index (χ3v) is 3.79. The molecule has 0 amide bonds. The Morgan fingerprint density at radius 3 is 2.33 bits per heavy atom. The van der Waals surface area contributed by atoms with Crippen LogP contribution in [-0.4, -0.2) is 27.8 Å². The first kappa shape index (κ1) is 15.2. The molecule has 18 heavy (non-hydrogen) atoms. The van der Waals surface area contributed by atoms with E-state index in [1.165, 1.54) is 6.07 Å². The van der Waals surface area contributed by atoms with Crippen LogP contribution in [-0.2, 0) is 0 Å². The highest BCUT2D eigenvalue weighted by Crippen LogP contribution is 2.25. The minimum absolute atomic E-state index is 0.104. The normalized spacial score (nSPS) is 14.4. The predicted molar refractivity (Wildman–Crippen MR) is 78.4 cm³/mol. The maximum atomic E-state index is 9.46. The molecule has 0 radical (unpaired) electrons. The van der Waals surface area contributed by atoms with Crippen molar-refractivity contribution in [2.45, 2.75) is 39.3 Å². The fourth-order valence-electron chi connectivity index (χ4n) is 1.88. The monoisotopic (exact) mass is 269 g/mol. The Labute approximate surface area is 114 Å². The van der Waals surface area contributed by atoms with Gasteiger partial charge >= 0.3 is 0 Å². The van der Waals surface area contributed by atoms with Gasteiger partial charge in [-0.2, -0.15) is 11.8 Å². The first-order chi connectivity index (χ1) is 8.52. The molecule has 1 aromatic carbocycles. The van der Waals surface area contributed by atoms with Gasteiger partial charge in [-0.05, 0) is 49.5 Å². The molecule has 3 N–H and O–H groups in total. The first-order valence-electron chi connectivity index (χ1n) is 6.39. The second-order valence-corrected chi connectivity index (χ2v) is 5.95. The van der Waals surface area contributed by atoms with E-state index in [0.717, 1.165) is 23.5 Å². The molecule has 0 fully saturated rings. The summed E-state index contributed by atoms with van der Waals surface area (Å²) in [5.74, 6) is 2.52. The highest BCUT2D eigenvalue weighted by atomic mass is 32.2. The second-order valence-electron chi connectivity index (χ2n) is 4.56. The molecule has 0 aliphatic heterocycles. The van der Waals surface area contributed by atoms with Gasteiger partial charge in [0.05, 0.1) is 0 Å². The van der Waals surface area contributed by atoms with Crippen molar-refractivity contribution >= 4 is 11.8 Å². The summed E-state index contributed by atoms with van der Waals surface area (Å²) in [7, 11) is 0. The van der Waals surface area contributed by atoms with Gasteiger partial charge in [0.25, 0.3) is 0 Å². The van der Waals surface area contributed by atoms with E-state index in [2.05, 4.69) is 19.2 Å². The molecule has 2 atom stereocenters. The van der Waals surface area contributed by atoms with E-state index >= 15 is 0 Å². The van der Waals surface area contributed by atoms with Crippen molar-refractivity contribution in [3.63, 3.8) is 0 Å². The third-order valence-electron chi connectivity index (χ3n) is 2.86. The Kier molecular flexibility index (Phi) is 6.36. The van der Waals surface area contributed by atoms with Crippen molar-refractivity contribution in [3.05, 3.63) is 23.8 Å². The molecule has 0 aliphatic carbocycles. The van der Waals surface area contributed by atoms with Crippen LogP contribution >= 0.6 is 11.8 Å². The van der Waals surface area contributed by atoms with Gasteiger partial charge in [0.2, 0.25) is 0 Å². The Bertz CT molecular complexity index is 351. The molecule has 3 nitrogen and oxygen atoms in total. The molecule has 0 spiro atoms. The zero-order valence-corrected chi connectivity index (χ0v) is 12.1. The molecular formula is C14H23NO2S. The van der Waals surface area contributed by atoms with Gasteiger partial charge in [-0.25, -0.2) is 0 Å². The molecular weight excluding hydrogens is 246 g/mol. The van der Waals surface area contributed by atoms with Crippen LogP contribution in [0.15, 0.2) is 18.2 Å². The molecule has 4 heteroatoms. The summed E-state index contributed by atoms with van der Waals surface area (Å²) >= 11 is 1.94. The van der Waals surface area contributed by atoms with Crippen molar-refractivity contribution in [3.8, 4) is 11.5 Å². The van der Waals surface area contributed by atoms with Gasteiger partial charge in [0.1, 0.15) is 11.5 Å². The average molecular weight is 269 g/mol.